The third-order valence-corrected chi connectivity index (χ3v) is 3.04. The Labute approximate surface area is 105 Å². The van der Waals surface area contributed by atoms with E-state index in [9.17, 15) is 0 Å². The number of hydrogen-bond acceptors (Lipinski definition) is 3. The standard InChI is InChI=1S/C15H14N2O/c16-15-17-14-12(7-4-8-13(14)18-15)10-9-11-5-2-1-3-6-11/h1-8H,9-10H2,(H2,16,17). The summed E-state index contributed by atoms with van der Waals surface area (Å²) in [5, 5.41) is 0. The van der Waals surface area contributed by atoms with E-state index in [0.717, 1.165) is 23.9 Å². The van der Waals surface area contributed by atoms with E-state index >= 15 is 0 Å². The fourth-order valence-electron chi connectivity index (χ4n) is 2.15. The molecular weight excluding hydrogens is 224 g/mol. The maximum absolute atomic E-state index is 5.59. The van der Waals surface area contributed by atoms with Crippen molar-refractivity contribution in [1.29, 1.82) is 0 Å². The third-order valence-electron chi connectivity index (χ3n) is 3.04. The van der Waals surface area contributed by atoms with Gasteiger partial charge in [0.1, 0.15) is 5.52 Å². The lowest BCUT2D eigenvalue weighted by Gasteiger charge is -2.02. The number of nitrogens with zero attached hydrogens (tertiary/aromatic N) is 1. The molecule has 3 nitrogen and oxygen atoms in total. The van der Waals surface area contributed by atoms with Gasteiger partial charge in [-0.05, 0) is 30.0 Å². The lowest BCUT2D eigenvalue weighted by atomic mass is 10.0. The largest absolute Gasteiger partial charge is 0.424 e. The Balaban J connectivity index is 1.86. The number of nitrogen functional groups attached to an aromatic ring is 1. The van der Waals surface area contributed by atoms with Gasteiger partial charge in [0.2, 0.25) is 0 Å². The van der Waals surface area contributed by atoms with Crippen LogP contribution in [0.1, 0.15) is 11.1 Å². The highest BCUT2D eigenvalue weighted by molar-refractivity contribution is 5.78. The van der Waals surface area contributed by atoms with Gasteiger partial charge < -0.3 is 10.2 Å². The van der Waals surface area contributed by atoms with Crippen LogP contribution in [0.4, 0.5) is 6.01 Å². The fourth-order valence-corrected chi connectivity index (χ4v) is 2.15. The first-order valence-electron chi connectivity index (χ1n) is 6.01. The van der Waals surface area contributed by atoms with E-state index in [1.807, 2.05) is 18.2 Å². The highest BCUT2D eigenvalue weighted by Gasteiger charge is 2.07. The van der Waals surface area contributed by atoms with Crippen LogP contribution in [0.15, 0.2) is 52.9 Å². The smallest absolute Gasteiger partial charge is 0.292 e. The molecular formula is C15H14N2O. The minimum atomic E-state index is 0.233. The Morgan fingerprint density at radius 3 is 2.61 bits per heavy atom. The Morgan fingerprint density at radius 1 is 0.944 bits per heavy atom. The molecule has 0 radical (unpaired) electrons. The monoisotopic (exact) mass is 238 g/mol. The zero-order valence-electron chi connectivity index (χ0n) is 9.97. The molecule has 0 saturated heterocycles. The zero-order chi connectivity index (χ0) is 12.4. The Bertz CT molecular complexity index is 659. The normalized spacial score (nSPS) is 10.9. The molecule has 0 amide bonds. The maximum atomic E-state index is 5.59. The first-order valence-corrected chi connectivity index (χ1v) is 6.01. The number of para-hydroxylation sites is 1. The van der Waals surface area contributed by atoms with Crippen LogP contribution in [0, 0.1) is 0 Å². The molecule has 3 rings (SSSR count). The average molecular weight is 238 g/mol. The van der Waals surface area contributed by atoms with Crippen LogP contribution in [0.5, 0.6) is 0 Å². The number of aryl methyl sites for hydroxylation is 2. The number of anilines is 1. The van der Waals surface area contributed by atoms with Crippen molar-refractivity contribution in [1.82, 2.24) is 4.98 Å². The van der Waals surface area contributed by atoms with Gasteiger partial charge >= 0.3 is 0 Å². The van der Waals surface area contributed by atoms with Crippen molar-refractivity contribution in [2.75, 3.05) is 5.73 Å². The number of aromatic nitrogens is 1. The third kappa shape index (κ3) is 2.07. The summed E-state index contributed by atoms with van der Waals surface area (Å²) >= 11 is 0. The molecule has 2 N–H and O–H groups in total. The Kier molecular flexibility index (Phi) is 2.73. The predicted octanol–water partition coefficient (Wildman–Crippen LogP) is 3.20. The van der Waals surface area contributed by atoms with Gasteiger partial charge in [0.15, 0.2) is 5.58 Å². The predicted molar refractivity (Wildman–Crippen MR) is 72.3 cm³/mol. The van der Waals surface area contributed by atoms with Gasteiger partial charge in [-0.25, -0.2) is 0 Å². The molecule has 3 heteroatoms. The van der Waals surface area contributed by atoms with Crippen molar-refractivity contribution in [3.63, 3.8) is 0 Å². The Hall–Kier alpha value is -2.29. The van der Waals surface area contributed by atoms with Crippen molar-refractivity contribution >= 4 is 17.1 Å². The maximum Gasteiger partial charge on any atom is 0.292 e. The van der Waals surface area contributed by atoms with Crippen LogP contribution in [-0.2, 0) is 12.8 Å². The molecule has 0 unspecified atom stereocenters. The van der Waals surface area contributed by atoms with Gasteiger partial charge in [0, 0.05) is 0 Å². The lowest BCUT2D eigenvalue weighted by molar-refractivity contribution is 0.626. The van der Waals surface area contributed by atoms with E-state index in [1.165, 1.54) is 11.1 Å². The lowest BCUT2D eigenvalue weighted by Crippen LogP contribution is -1.92. The average Bonchev–Trinajstić information content (AvgIpc) is 2.78. The summed E-state index contributed by atoms with van der Waals surface area (Å²) in [6.07, 6.45) is 1.93. The van der Waals surface area contributed by atoms with Crippen molar-refractivity contribution in [3.05, 3.63) is 59.7 Å². The summed E-state index contributed by atoms with van der Waals surface area (Å²) in [6.45, 7) is 0. The highest BCUT2D eigenvalue weighted by atomic mass is 16.4. The number of fused-ring (bicyclic) bond motifs is 1. The fraction of sp³-hybridized carbons (Fsp3) is 0.133. The quantitative estimate of drug-likeness (QED) is 0.762. The van der Waals surface area contributed by atoms with E-state index in [4.69, 9.17) is 10.2 Å². The molecule has 0 bridgehead atoms. The van der Waals surface area contributed by atoms with Crippen molar-refractivity contribution in [2.24, 2.45) is 0 Å². The minimum absolute atomic E-state index is 0.233. The SMILES string of the molecule is Nc1nc2c(CCc3ccccc3)cccc2o1. The second kappa shape index (κ2) is 4.53. The van der Waals surface area contributed by atoms with Crippen LogP contribution in [0.2, 0.25) is 0 Å². The molecule has 0 fully saturated rings. The summed E-state index contributed by atoms with van der Waals surface area (Å²) in [5.41, 5.74) is 9.73. The first-order chi connectivity index (χ1) is 8.83. The highest BCUT2D eigenvalue weighted by Crippen LogP contribution is 2.21. The molecule has 0 spiro atoms. The molecule has 0 aliphatic heterocycles. The first kappa shape index (κ1) is 10.8. The van der Waals surface area contributed by atoms with Gasteiger partial charge in [-0.1, -0.05) is 42.5 Å². The van der Waals surface area contributed by atoms with E-state index < -0.39 is 0 Å². The number of oxazole rings is 1. The van der Waals surface area contributed by atoms with E-state index in [1.54, 1.807) is 0 Å². The van der Waals surface area contributed by atoms with Crippen LogP contribution in [-0.4, -0.2) is 4.98 Å². The number of nitrogens with two attached hydrogens (primary N) is 1. The minimum Gasteiger partial charge on any atom is -0.424 e. The van der Waals surface area contributed by atoms with Crippen molar-refractivity contribution in [2.45, 2.75) is 12.8 Å². The molecule has 1 aromatic heterocycles. The van der Waals surface area contributed by atoms with Gasteiger partial charge in [-0.2, -0.15) is 4.98 Å². The second-order valence-corrected chi connectivity index (χ2v) is 4.30. The van der Waals surface area contributed by atoms with Crippen molar-refractivity contribution < 1.29 is 4.42 Å². The van der Waals surface area contributed by atoms with Crippen molar-refractivity contribution in [3.8, 4) is 0 Å². The summed E-state index contributed by atoms with van der Waals surface area (Å²) in [6, 6.07) is 16.6. The molecule has 1 heterocycles. The molecule has 0 aliphatic rings. The molecule has 2 aromatic carbocycles. The van der Waals surface area contributed by atoms with Crippen LogP contribution >= 0.6 is 0 Å². The van der Waals surface area contributed by atoms with Crippen LogP contribution in [0.25, 0.3) is 11.1 Å². The van der Waals surface area contributed by atoms with Crippen LogP contribution < -0.4 is 5.73 Å². The number of benzene rings is 2. The molecule has 18 heavy (non-hydrogen) atoms. The van der Waals surface area contributed by atoms with Gasteiger partial charge in [0.05, 0.1) is 0 Å². The topological polar surface area (TPSA) is 52.0 Å². The van der Waals surface area contributed by atoms with Gasteiger partial charge in [-0.3, -0.25) is 0 Å². The molecule has 3 aromatic rings. The van der Waals surface area contributed by atoms with Crippen LogP contribution in [0.3, 0.4) is 0 Å². The summed E-state index contributed by atoms with van der Waals surface area (Å²) in [5.74, 6) is 0. The van der Waals surface area contributed by atoms with E-state index in [0.29, 0.717) is 0 Å². The molecule has 0 saturated carbocycles. The number of rotatable bonds is 3. The zero-order valence-corrected chi connectivity index (χ0v) is 9.97. The summed E-state index contributed by atoms with van der Waals surface area (Å²) < 4.78 is 5.33. The summed E-state index contributed by atoms with van der Waals surface area (Å²) in [4.78, 5) is 4.24. The second-order valence-electron chi connectivity index (χ2n) is 4.30. The van der Waals surface area contributed by atoms with E-state index in [-0.39, 0.29) is 6.01 Å². The van der Waals surface area contributed by atoms with Gasteiger partial charge in [0.25, 0.3) is 6.01 Å². The summed E-state index contributed by atoms with van der Waals surface area (Å²) in [7, 11) is 0. The Morgan fingerprint density at radius 2 is 1.78 bits per heavy atom. The van der Waals surface area contributed by atoms with E-state index in [2.05, 4.69) is 35.3 Å². The molecule has 0 aliphatic carbocycles. The molecule has 0 atom stereocenters. The van der Waals surface area contributed by atoms with Gasteiger partial charge in [-0.15, -0.1) is 0 Å². The molecule has 90 valence electrons. The number of hydrogen-bond donors (Lipinski definition) is 1.